The molecule has 2 unspecified atom stereocenters. The highest BCUT2D eigenvalue weighted by molar-refractivity contribution is 7.99. The van der Waals surface area contributed by atoms with Crippen molar-refractivity contribution in [2.45, 2.75) is 18.3 Å². The van der Waals surface area contributed by atoms with Crippen LogP contribution in [0.15, 0.2) is 18.2 Å². The zero-order valence-corrected chi connectivity index (χ0v) is 9.60. The summed E-state index contributed by atoms with van der Waals surface area (Å²) in [5, 5.41) is 3.60. The first-order valence-corrected chi connectivity index (χ1v) is 5.96. The van der Waals surface area contributed by atoms with Crippen molar-refractivity contribution in [3.63, 3.8) is 0 Å². The quantitative estimate of drug-likeness (QED) is 0.839. The van der Waals surface area contributed by atoms with Crippen molar-refractivity contribution >= 4 is 11.8 Å². The van der Waals surface area contributed by atoms with Gasteiger partial charge in [0.1, 0.15) is 0 Å². The fraction of sp³-hybridized carbons (Fsp3) is 0.455. The van der Waals surface area contributed by atoms with E-state index in [0.717, 1.165) is 11.3 Å². The third kappa shape index (κ3) is 2.26. The highest BCUT2D eigenvalue weighted by Crippen LogP contribution is 2.34. The van der Waals surface area contributed by atoms with Gasteiger partial charge in [-0.05, 0) is 24.6 Å². The lowest BCUT2D eigenvalue weighted by Crippen LogP contribution is -2.21. The topological polar surface area (TPSA) is 21.3 Å². The molecular weight excluding hydrogens is 213 g/mol. The van der Waals surface area contributed by atoms with Gasteiger partial charge in [-0.25, -0.2) is 4.39 Å². The molecule has 2 rings (SSSR count). The lowest BCUT2D eigenvalue weighted by molar-refractivity contribution is 0.386. The normalized spacial score (nSPS) is 25.5. The van der Waals surface area contributed by atoms with Crippen molar-refractivity contribution in [3.05, 3.63) is 29.6 Å². The van der Waals surface area contributed by atoms with Crippen LogP contribution in [0.2, 0.25) is 0 Å². The van der Waals surface area contributed by atoms with Gasteiger partial charge in [0, 0.05) is 11.8 Å². The minimum absolute atomic E-state index is 0.209. The second-order valence-electron chi connectivity index (χ2n) is 3.68. The van der Waals surface area contributed by atoms with E-state index in [-0.39, 0.29) is 11.2 Å². The van der Waals surface area contributed by atoms with E-state index in [1.165, 1.54) is 7.11 Å². The predicted molar refractivity (Wildman–Crippen MR) is 60.7 cm³/mol. The van der Waals surface area contributed by atoms with E-state index in [1.807, 2.05) is 17.8 Å². The Hall–Kier alpha value is -0.740. The number of hydrogen-bond acceptors (Lipinski definition) is 3. The maximum absolute atomic E-state index is 13.4. The average Bonchev–Trinajstić information content (AvgIpc) is 2.65. The Labute approximate surface area is 93.2 Å². The molecule has 1 N–H and O–H groups in total. The molecule has 0 aliphatic carbocycles. The van der Waals surface area contributed by atoms with Crippen LogP contribution in [0.25, 0.3) is 0 Å². The molecule has 1 fully saturated rings. The van der Waals surface area contributed by atoms with Gasteiger partial charge in [-0.15, -0.1) is 11.8 Å². The van der Waals surface area contributed by atoms with Crippen molar-refractivity contribution in [1.29, 1.82) is 0 Å². The molecule has 0 saturated carbocycles. The van der Waals surface area contributed by atoms with Gasteiger partial charge < -0.3 is 4.74 Å². The van der Waals surface area contributed by atoms with Crippen LogP contribution in [0.5, 0.6) is 5.75 Å². The van der Waals surface area contributed by atoms with Crippen molar-refractivity contribution in [2.24, 2.45) is 0 Å². The smallest absolute Gasteiger partial charge is 0.165 e. The van der Waals surface area contributed by atoms with Crippen molar-refractivity contribution in [3.8, 4) is 5.75 Å². The molecule has 1 aliphatic rings. The molecular formula is C11H14FNOS. The standard InChI is InChI=1S/C11H14FNOS/c1-7-6-15-11(13-7)8-3-4-10(14-2)9(12)5-8/h3-5,7,11,13H,6H2,1-2H3. The highest BCUT2D eigenvalue weighted by atomic mass is 32.2. The SMILES string of the molecule is COc1ccc(C2NC(C)CS2)cc1F. The summed E-state index contributed by atoms with van der Waals surface area (Å²) in [6.07, 6.45) is 0. The molecule has 0 aromatic heterocycles. The Morgan fingerprint density at radius 2 is 2.33 bits per heavy atom. The molecule has 15 heavy (non-hydrogen) atoms. The summed E-state index contributed by atoms with van der Waals surface area (Å²) < 4.78 is 18.3. The molecule has 0 spiro atoms. The summed E-state index contributed by atoms with van der Waals surface area (Å²) in [6.45, 7) is 2.13. The monoisotopic (exact) mass is 227 g/mol. The van der Waals surface area contributed by atoms with E-state index in [4.69, 9.17) is 4.74 Å². The van der Waals surface area contributed by atoms with Gasteiger partial charge in [0.05, 0.1) is 12.5 Å². The van der Waals surface area contributed by atoms with Gasteiger partial charge in [-0.2, -0.15) is 0 Å². The molecule has 1 aromatic carbocycles. The molecule has 1 aromatic rings. The molecule has 1 aliphatic heterocycles. The summed E-state index contributed by atoms with van der Waals surface area (Å²) in [5.41, 5.74) is 0.975. The predicted octanol–water partition coefficient (Wildman–Crippen LogP) is 2.56. The van der Waals surface area contributed by atoms with Crippen molar-refractivity contribution in [1.82, 2.24) is 5.32 Å². The number of nitrogens with one attached hydrogen (secondary N) is 1. The molecule has 1 heterocycles. The summed E-state index contributed by atoms with van der Waals surface area (Å²) >= 11 is 1.81. The number of benzene rings is 1. The zero-order chi connectivity index (χ0) is 10.8. The van der Waals surface area contributed by atoms with Crippen molar-refractivity contribution < 1.29 is 9.13 Å². The van der Waals surface area contributed by atoms with Crippen LogP contribution < -0.4 is 10.1 Å². The first-order chi connectivity index (χ1) is 7.20. The Morgan fingerprint density at radius 1 is 1.53 bits per heavy atom. The van der Waals surface area contributed by atoms with Crippen LogP contribution in [-0.2, 0) is 0 Å². The number of halogens is 1. The lowest BCUT2D eigenvalue weighted by atomic mass is 10.2. The largest absolute Gasteiger partial charge is 0.494 e. The minimum Gasteiger partial charge on any atom is -0.494 e. The molecule has 4 heteroatoms. The van der Waals surface area contributed by atoms with E-state index < -0.39 is 0 Å². The van der Waals surface area contributed by atoms with Gasteiger partial charge in [-0.3, -0.25) is 5.32 Å². The van der Waals surface area contributed by atoms with Gasteiger partial charge in [-0.1, -0.05) is 6.07 Å². The van der Waals surface area contributed by atoms with Crippen molar-refractivity contribution in [2.75, 3.05) is 12.9 Å². The van der Waals surface area contributed by atoms with Gasteiger partial charge in [0.2, 0.25) is 0 Å². The van der Waals surface area contributed by atoms with Crippen LogP contribution in [0.1, 0.15) is 17.9 Å². The van der Waals surface area contributed by atoms with Crippen LogP contribution in [0, 0.1) is 5.82 Å². The first kappa shape index (κ1) is 10.8. The molecule has 2 atom stereocenters. The van der Waals surface area contributed by atoms with Crippen LogP contribution in [0.4, 0.5) is 4.39 Å². The average molecular weight is 227 g/mol. The molecule has 2 nitrogen and oxygen atoms in total. The molecule has 0 radical (unpaired) electrons. The maximum atomic E-state index is 13.4. The van der Waals surface area contributed by atoms with Crippen LogP contribution >= 0.6 is 11.8 Å². The number of thioether (sulfide) groups is 1. The Balaban J connectivity index is 2.19. The Kier molecular flexibility index (Phi) is 3.17. The second kappa shape index (κ2) is 4.41. The van der Waals surface area contributed by atoms with Gasteiger partial charge in [0.15, 0.2) is 11.6 Å². The summed E-state index contributed by atoms with van der Waals surface area (Å²) in [7, 11) is 1.47. The van der Waals surface area contributed by atoms with Crippen LogP contribution in [-0.4, -0.2) is 18.9 Å². The highest BCUT2D eigenvalue weighted by Gasteiger charge is 2.22. The number of ether oxygens (including phenoxy) is 1. The molecule has 0 amide bonds. The van der Waals surface area contributed by atoms with E-state index >= 15 is 0 Å². The Bertz CT molecular complexity index is 358. The third-order valence-electron chi connectivity index (χ3n) is 2.43. The minimum atomic E-state index is -0.294. The van der Waals surface area contributed by atoms with Gasteiger partial charge >= 0.3 is 0 Å². The second-order valence-corrected chi connectivity index (χ2v) is 4.81. The summed E-state index contributed by atoms with van der Waals surface area (Å²) in [4.78, 5) is 0. The summed E-state index contributed by atoms with van der Waals surface area (Å²) in [6, 6.07) is 5.62. The van der Waals surface area contributed by atoms with E-state index in [0.29, 0.717) is 11.8 Å². The lowest BCUT2D eigenvalue weighted by Gasteiger charge is -2.12. The first-order valence-electron chi connectivity index (χ1n) is 4.92. The van der Waals surface area contributed by atoms with E-state index in [2.05, 4.69) is 12.2 Å². The van der Waals surface area contributed by atoms with Crippen LogP contribution in [0.3, 0.4) is 0 Å². The summed E-state index contributed by atoms with van der Waals surface area (Å²) in [5.74, 6) is 1.07. The zero-order valence-electron chi connectivity index (χ0n) is 8.79. The maximum Gasteiger partial charge on any atom is 0.165 e. The number of methoxy groups -OCH3 is 1. The molecule has 0 bridgehead atoms. The van der Waals surface area contributed by atoms with Gasteiger partial charge in [0.25, 0.3) is 0 Å². The number of rotatable bonds is 2. The van der Waals surface area contributed by atoms with E-state index in [1.54, 1.807) is 12.1 Å². The molecule has 82 valence electrons. The number of hydrogen-bond donors (Lipinski definition) is 1. The fourth-order valence-corrected chi connectivity index (χ4v) is 2.88. The molecule has 1 saturated heterocycles. The third-order valence-corrected chi connectivity index (χ3v) is 3.86. The Morgan fingerprint density at radius 3 is 2.87 bits per heavy atom. The van der Waals surface area contributed by atoms with E-state index in [9.17, 15) is 4.39 Å². The fourth-order valence-electron chi connectivity index (χ4n) is 1.63.